The first-order chi connectivity index (χ1) is 9.72. The molecule has 0 atom stereocenters. The quantitative estimate of drug-likeness (QED) is 0.661. The Kier molecular flexibility index (Phi) is 8.42. The largest absolute Gasteiger partial charge is 0.484 e. The molecule has 0 saturated carbocycles. The van der Waals surface area contributed by atoms with Gasteiger partial charge in [-0.3, -0.25) is 4.79 Å². The van der Waals surface area contributed by atoms with Crippen LogP contribution >= 0.6 is 0 Å². The normalized spacial score (nSPS) is 10.3. The first-order valence-electron chi connectivity index (χ1n) is 6.75. The summed E-state index contributed by atoms with van der Waals surface area (Å²) in [6, 6.07) is 7.60. The van der Waals surface area contributed by atoms with Crippen LogP contribution < -0.4 is 10.1 Å². The summed E-state index contributed by atoms with van der Waals surface area (Å²) in [5.41, 5.74) is 1.16. The van der Waals surface area contributed by atoms with Gasteiger partial charge < -0.3 is 19.5 Å². The van der Waals surface area contributed by atoms with Crippen LogP contribution in [0.4, 0.5) is 0 Å². The lowest BCUT2D eigenvalue weighted by molar-refractivity contribution is -0.123. The second-order valence-corrected chi connectivity index (χ2v) is 4.41. The van der Waals surface area contributed by atoms with Crippen LogP contribution in [0, 0.1) is 6.92 Å². The monoisotopic (exact) mass is 281 g/mol. The van der Waals surface area contributed by atoms with Crippen molar-refractivity contribution in [3.8, 4) is 5.75 Å². The van der Waals surface area contributed by atoms with Crippen molar-refractivity contribution in [3.05, 3.63) is 29.8 Å². The van der Waals surface area contributed by atoms with Crippen molar-refractivity contribution < 1.29 is 19.0 Å². The number of carbonyl (C=O) groups excluding carboxylic acids is 1. The molecule has 0 spiro atoms. The van der Waals surface area contributed by atoms with Crippen molar-refractivity contribution in [2.24, 2.45) is 0 Å². The van der Waals surface area contributed by atoms with Crippen LogP contribution in [0.3, 0.4) is 0 Å². The smallest absolute Gasteiger partial charge is 0.257 e. The number of nitrogens with one attached hydrogen (secondary N) is 1. The van der Waals surface area contributed by atoms with Crippen LogP contribution in [0.5, 0.6) is 5.75 Å². The molecule has 0 unspecified atom stereocenters. The molecule has 0 heterocycles. The number of hydrogen-bond donors (Lipinski definition) is 1. The second-order valence-electron chi connectivity index (χ2n) is 4.41. The Labute approximate surface area is 120 Å². The number of rotatable bonds is 10. The molecule has 0 bridgehead atoms. The zero-order chi connectivity index (χ0) is 14.6. The molecule has 1 amide bonds. The Bertz CT molecular complexity index is 378. The summed E-state index contributed by atoms with van der Waals surface area (Å²) in [5, 5.41) is 2.78. The van der Waals surface area contributed by atoms with E-state index >= 15 is 0 Å². The van der Waals surface area contributed by atoms with Crippen molar-refractivity contribution in [2.75, 3.05) is 40.1 Å². The summed E-state index contributed by atoms with van der Waals surface area (Å²) in [7, 11) is 1.64. The van der Waals surface area contributed by atoms with Gasteiger partial charge in [0.1, 0.15) is 5.75 Å². The van der Waals surface area contributed by atoms with E-state index in [2.05, 4.69) is 5.32 Å². The van der Waals surface area contributed by atoms with Crippen LogP contribution in [-0.4, -0.2) is 46.0 Å². The maximum Gasteiger partial charge on any atom is 0.257 e. The molecule has 0 aliphatic rings. The Morgan fingerprint density at radius 2 is 1.90 bits per heavy atom. The number of hydrogen-bond acceptors (Lipinski definition) is 4. The Balaban J connectivity index is 2.01. The van der Waals surface area contributed by atoms with E-state index in [0.29, 0.717) is 32.1 Å². The average molecular weight is 281 g/mol. The van der Waals surface area contributed by atoms with Crippen LogP contribution in [0.15, 0.2) is 24.3 Å². The third kappa shape index (κ3) is 7.76. The van der Waals surface area contributed by atoms with Crippen LogP contribution in [0.2, 0.25) is 0 Å². The van der Waals surface area contributed by atoms with Gasteiger partial charge in [-0.15, -0.1) is 0 Å². The minimum absolute atomic E-state index is 0.0353. The topological polar surface area (TPSA) is 56.8 Å². The van der Waals surface area contributed by atoms with Gasteiger partial charge in [0.2, 0.25) is 0 Å². The predicted molar refractivity (Wildman–Crippen MR) is 77.0 cm³/mol. The molecule has 0 fully saturated rings. The summed E-state index contributed by atoms with van der Waals surface area (Å²) in [5.74, 6) is 0.580. The number of aryl methyl sites for hydroxylation is 1. The van der Waals surface area contributed by atoms with Crippen molar-refractivity contribution in [2.45, 2.75) is 13.3 Å². The summed E-state index contributed by atoms with van der Waals surface area (Å²) in [6.07, 6.45) is 0.778. The molecule has 0 radical (unpaired) electrons. The molecule has 112 valence electrons. The predicted octanol–water partition coefficient (Wildman–Crippen LogP) is 1.54. The van der Waals surface area contributed by atoms with E-state index in [0.717, 1.165) is 12.0 Å². The van der Waals surface area contributed by atoms with Gasteiger partial charge in [-0.2, -0.15) is 0 Å². The molecule has 5 nitrogen and oxygen atoms in total. The van der Waals surface area contributed by atoms with E-state index < -0.39 is 0 Å². The van der Waals surface area contributed by atoms with Crippen molar-refractivity contribution in [1.82, 2.24) is 5.32 Å². The van der Waals surface area contributed by atoms with Gasteiger partial charge in [-0.1, -0.05) is 17.7 Å². The number of carbonyl (C=O) groups is 1. The molecule has 1 rings (SSSR count). The number of ether oxygens (including phenoxy) is 3. The minimum atomic E-state index is -0.123. The fourth-order valence-corrected chi connectivity index (χ4v) is 1.48. The molecule has 0 aliphatic carbocycles. The third-order valence-corrected chi connectivity index (χ3v) is 2.61. The van der Waals surface area contributed by atoms with Crippen molar-refractivity contribution in [3.63, 3.8) is 0 Å². The molecule has 0 aliphatic heterocycles. The van der Waals surface area contributed by atoms with Gasteiger partial charge in [0.25, 0.3) is 5.91 Å². The number of methoxy groups -OCH3 is 1. The number of amides is 1. The molecule has 1 aromatic rings. The standard InChI is InChI=1S/C15H23NO4/c1-13-4-6-14(7-5-13)20-12-15(17)16-8-3-9-19-11-10-18-2/h4-7H,3,8-12H2,1-2H3,(H,16,17). The highest BCUT2D eigenvalue weighted by Gasteiger charge is 2.01. The Hall–Kier alpha value is -1.59. The molecular formula is C15H23NO4. The van der Waals surface area contributed by atoms with Gasteiger partial charge in [0.05, 0.1) is 13.2 Å². The lowest BCUT2D eigenvalue weighted by atomic mass is 10.2. The molecule has 0 saturated heterocycles. The van der Waals surface area contributed by atoms with Crippen LogP contribution in [0.1, 0.15) is 12.0 Å². The minimum Gasteiger partial charge on any atom is -0.484 e. The van der Waals surface area contributed by atoms with E-state index in [4.69, 9.17) is 14.2 Å². The summed E-state index contributed by atoms with van der Waals surface area (Å²) in [6.45, 7) is 4.42. The van der Waals surface area contributed by atoms with Gasteiger partial charge in [0.15, 0.2) is 6.61 Å². The number of benzene rings is 1. The zero-order valence-electron chi connectivity index (χ0n) is 12.2. The van der Waals surface area contributed by atoms with Gasteiger partial charge in [0, 0.05) is 20.3 Å². The fourth-order valence-electron chi connectivity index (χ4n) is 1.48. The first kappa shape index (κ1) is 16.5. The molecule has 1 aromatic carbocycles. The molecule has 20 heavy (non-hydrogen) atoms. The Morgan fingerprint density at radius 1 is 1.15 bits per heavy atom. The fraction of sp³-hybridized carbons (Fsp3) is 0.533. The molecule has 5 heteroatoms. The SMILES string of the molecule is COCCOCCCNC(=O)COc1ccc(C)cc1. The highest BCUT2D eigenvalue weighted by atomic mass is 16.5. The average Bonchev–Trinajstić information content (AvgIpc) is 2.46. The first-order valence-corrected chi connectivity index (χ1v) is 6.75. The zero-order valence-corrected chi connectivity index (χ0v) is 12.2. The summed E-state index contributed by atoms with van der Waals surface area (Å²) < 4.78 is 15.5. The van der Waals surface area contributed by atoms with Crippen LogP contribution in [0.25, 0.3) is 0 Å². The summed E-state index contributed by atoms with van der Waals surface area (Å²) >= 11 is 0. The van der Waals surface area contributed by atoms with E-state index in [-0.39, 0.29) is 12.5 Å². The highest BCUT2D eigenvalue weighted by Crippen LogP contribution is 2.10. The maximum absolute atomic E-state index is 11.5. The van der Waals surface area contributed by atoms with Gasteiger partial charge in [-0.25, -0.2) is 0 Å². The second kappa shape index (κ2) is 10.2. The lowest BCUT2D eigenvalue weighted by Crippen LogP contribution is -2.30. The molecular weight excluding hydrogens is 258 g/mol. The molecule has 1 N–H and O–H groups in total. The lowest BCUT2D eigenvalue weighted by Gasteiger charge is -2.08. The molecule has 0 aromatic heterocycles. The maximum atomic E-state index is 11.5. The summed E-state index contributed by atoms with van der Waals surface area (Å²) in [4.78, 5) is 11.5. The van der Waals surface area contributed by atoms with E-state index in [1.54, 1.807) is 7.11 Å². The van der Waals surface area contributed by atoms with E-state index in [1.807, 2.05) is 31.2 Å². The van der Waals surface area contributed by atoms with Crippen molar-refractivity contribution in [1.29, 1.82) is 0 Å². The van der Waals surface area contributed by atoms with Crippen LogP contribution in [-0.2, 0) is 14.3 Å². The van der Waals surface area contributed by atoms with Gasteiger partial charge >= 0.3 is 0 Å². The highest BCUT2D eigenvalue weighted by molar-refractivity contribution is 5.77. The van der Waals surface area contributed by atoms with E-state index in [1.165, 1.54) is 0 Å². The third-order valence-electron chi connectivity index (χ3n) is 2.61. The Morgan fingerprint density at radius 3 is 2.60 bits per heavy atom. The van der Waals surface area contributed by atoms with Gasteiger partial charge in [-0.05, 0) is 25.5 Å². The van der Waals surface area contributed by atoms with Crippen molar-refractivity contribution >= 4 is 5.91 Å². The van der Waals surface area contributed by atoms with E-state index in [9.17, 15) is 4.79 Å².